The molecule has 0 unspecified atom stereocenters. The molecule has 0 radical (unpaired) electrons. The smallest absolute Gasteiger partial charge is 0.0951 e. The summed E-state index contributed by atoms with van der Waals surface area (Å²) >= 11 is 0. The van der Waals surface area contributed by atoms with E-state index in [1.165, 1.54) is 5.56 Å². The molecule has 0 saturated carbocycles. The zero-order valence-corrected chi connectivity index (χ0v) is 12.3. The van der Waals surface area contributed by atoms with Crippen LogP contribution in [0.2, 0.25) is 0 Å². The fourth-order valence-electron chi connectivity index (χ4n) is 2.43. The van der Waals surface area contributed by atoms with Crippen molar-refractivity contribution in [3.05, 3.63) is 60.3 Å². The predicted octanol–water partition coefficient (Wildman–Crippen LogP) is 4.68. The van der Waals surface area contributed by atoms with Crippen LogP contribution in [0.3, 0.4) is 0 Å². The van der Waals surface area contributed by atoms with Crippen molar-refractivity contribution in [1.29, 1.82) is 0 Å². The third kappa shape index (κ3) is 2.68. The van der Waals surface area contributed by atoms with Crippen LogP contribution in [-0.2, 0) is 0 Å². The highest BCUT2D eigenvalue weighted by molar-refractivity contribution is 5.99. The van der Waals surface area contributed by atoms with Crippen LogP contribution in [0.4, 0.5) is 17.1 Å². The molecule has 0 bridgehead atoms. The number of hydrogen-bond donors (Lipinski definition) is 2. The summed E-state index contributed by atoms with van der Waals surface area (Å²) in [6.45, 7) is 4.39. The van der Waals surface area contributed by atoms with E-state index in [1.54, 1.807) is 6.20 Å². The lowest BCUT2D eigenvalue weighted by Crippen LogP contribution is -1.96. The average Bonchev–Trinajstić information content (AvgIpc) is 2.51. The van der Waals surface area contributed by atoms with E-state index in [2.05, 4.69) is 48.4 Å². The second-order valence-corrected chi connectivity index (χ2v) is 5.51. The maximum atomic E-state index is 5.99. The number of fused-ring (bicyclic) bond motifs is 1. The average molecular weight is 277 g/mol. The van der Waals surface area contributed by atoms with Crippen molar-refractivity contribution in [3.63, 3.8) is 0 Å². The van der Waals surface area contributed by atoms with E-state index in [4.69, 9.17) is 5.73 Å². The van der Waals surface area contributed by atoms with Crippen molar-refractivity contribution in [1.82, 2.24) is 4.98 Å². The molecule has 3 N–H and O–H groups in total. The van der Waals surface area contributed by atoms with Crippen LogP contribution >= 0.6 is 0 Å². The van der Waals surface area contributed by atoms with Gasteiger partial charge in [-0.3, -0.25) is 4.98 Å². The van der Waals surface area contributed by atoms with Gasteiger partial charge in [0.25, 0.3) is 0 Å². The first-order valence-electron chi connectivity index (χ1n) is 7.15. The Morgan fingerprint density at radius 2 is 1.90 bits per heavy atom. The number of nitrogens with one attached hydrogen (secondary N) is 1. The van der Waals surface area contributed by atoms with E-state index in [1.807, 2.05) is 24.3 Å². The Morgan fingerprint density at radius 1 is 1.05 bits per heavy atom. The van der Waals surface area contributed by atoms with Gasteiger partial charge >= 0.3 is 0 Å². The number of nitrogens with zero attached hydrogens (tertiary/aromatic N) is 1. The Kier molecular flexibility index (Phi) is 3.48. The maximum Gasteiger partial charge on any atom is 0.0951 e. The summed E-state index contributed by atoms with van der Waals surface area (Å²) in [5, 5.41) is 4.51. The quantitative estimate of drug-likeness (QED) is 0.683. The first kappa shape index (κ1) is 13.4. The molecular formula is C18H19N3. The van der Waals surface area contributed by atoms with E-state index in [-0.39, 0.29) is 0 Å². The number of anilines is 3. The Labute approximate surface area is 124 Å². The van der Waals surface area contributed by atoms with Crippen LogP contribution < -0.4 is 11.1 Å². The van der Waals surface area contributed by atoms with E-state index in [9.17, 15) is 0 Å². The molecule has 0 saturated heterocycles. The van der Waals surface area contributed by atoms with Gasteiger partial charge in [-0.1, -0.05) is 26.0 Å². The summed E-state index contributed by atoms with van der Waals surface area (Å²) < 4.78 is 0. The van der Waals surface area contributed by atoms with Crippen molar-refractivity contribution < 1.29 is 0 Å². The molecule has 3 rings (SSSR count). The fourth-order valence-corrected chi connectivity index (χ4v) is 2.43. The standard InChI is InChI=1S/C18H19N3/c1-12(2)13-5-3-6-14(11-13)21-17-9-8-16(19)18-15(17)7-4-10-20-18/h3-12,21H,19H2,1-2H3. The molecule has 21 heavy (non-hydrogen) atoms. The second kappa shape index (κ2) is 5.44. The molecule has 0 amide bonds. The molecule has 0 aliphatic heterocycles. The molecule has 2 aromatic carbocycles. The highest BCUT2D eigenvalue weighted by atomic mass is 14.9. The lowest BCUT2D eigenvalue weighted by atomic mass is 10.0. The van der Waals surface area contributed by atoms with Crippen molar-refractivity contribution in [3.8, 4) is 0 Å². The minimum absolute atomic E-state index is 0.511. The summed E-state index contributed by atoms with van der Waals surface area (Å²) in [7, 11) is 0. The van der Waals surface area contributed by atoms with Gasteiger partial charge in [0.2, 0.25) is 0 Å². The van der Waals surface area contributed by atoms with Crippen LogP contribution in [0.1, 0.15) is 25.3 Å². The topological polar surface area (TPSA) is 50.9 Å². The molecule has 0 atom stereocenters. The molecule has 0 fully saturated rings. The lowest BCUT2D eigenvalue weighted by Gasteiger charge is -2.13. The maximum absolute atomic E-state index is 5.99. The van der Waals surface area contributed by atoms with Gasteiger partial charge in [-0.15, -0.1) is 0 Å². The SMILES string of the molecule is CC(C)c1cccc(Nc2ccc(N)c3ncccc23)c1. The zero-order valence-electron chi connectivity index (χ0n) is 12.3. The van der Waals surface area contributed by atoms with Gasteiger partial charge in [-0.25, -0.2) is 0 Å². The van der Waals surface area contributed by atoms with E-state index >= 15 is 0 Å². The van der Waals surface area contributed by atoms with Gasteiger partial charge in [-0.05, 0) is 47.9 Å². The summed E-state index contributed by atoms with van der Waals surface area (Å²) in [4.78, 5) is 4.36. The van der Waals surface area contributed by atoms with Crippen LogP contribution in [0.5, 0.6) is 0 Å². The molecular weight excluding hydrogens is 258 g/mol. The first-order chi connectivity index (χ1) is 10.1. The van der Waals surface area contributed by atoms with Crippen LogP contribution in [0, 0.1) is 0 Å². The summed E-state index contributed by atoms with van der Waals surface area (Å²) in [6, 6.07) is 16.3. The highest BCUT2D eigenvalue weighted by Crippen LogP contribution is 2.29. The minimum atomic E-state index is 0.511. The summed E-state index contributed by atoms with van der Waals surface area (Å²) in [6.07, 6.45) is 1.77. The first-order valence-corrected chi connectivity index (χ1v) is 7.15. The molecule has 0 spiro atoms. The van der Waals surface area contributed by atoms with E-state index in [0.717, 1.165) is 22.3 Å². The van der Waals surface area contributed by atoms with Crippen LogP contribution in [-0.4, -0.2) is 4.98 Å². The molecule has 0 aliphatic rings. The van der Waals surface area contributed by atoms with Crippen molar-refractivity contribution in [2.24, 2.45) is 0 Å². The number of benzene rings is 2. The molecule has 3 aromatic rings. The number of rotatable bonds is 3. The van der Waals surface area contributed by atoms with E-state index < -0.39 is 0 Å². The number of hydrogen-bond acceptors (Lipinski definition) is 3. The Morgan fingerprint density at radius 3 is 2.71 bits per heavy atom. The van der Waals surface area contributed by atoms with E-state index in [0.29, 0.717) is 11.6 Å². The van der Waals surface area contributed by atoms with Gasteiger partial charge in [-0.2, -0.15) is 0 Å². The molecule has 3 heteroatoms. The second-order valence-electron chi connectivity index (χ2n) is 5.51. The van der Waals surface area contributed by atoms with Crippen molar-refractivity contribution in [2.75, 3.05) is 11.1 Å². The van der Waals surface area contributed by atoms with Gasteiger partial charge in [0.1, 0.15) is 0 Å². The summed E-state index contributed by atoms with van der Waals surface area (Å²) in [5.74, 6) is 0.511. The Balaban J connectivity index is 2.02. The number of aromatic nitrogens is 1. The molecule has 106 valence electrons. The third-order valence-electron chi connectivity index (χ3n) is 3.63. The van der Waals surface area contributed by atoms with Crippen LogP contribution in [0.15, 0.2) is 54.7 Å². The van der Waals surface area contributed by atoms with Gasteiger partial charge in [0, 0.05) is 23.0 Å². The number of pyridine rings is 1. The molecule has 1 heterocycles. The van der Waals surface area contributed by atoms with Gasteiger partial charge in [0.15, 0.2) is 0 Å². The van der Waals surface area contributed by atoms with Gasteiger partial charge < -0.3 is 11.1 Å². The zero-order chi connectivity index (χ0) is 14.8. The third-order valence-corrected chi connectivity index (χ3v) is 3.63. The predicted molar refractivity (Wildman–Crippen MR) is 90.0 cm³/mol. The number of nitrogen functional groups attached to an aromatic ring is 1. The normalized spacial score (nSPS) is 11.0. The molecule has 0 aliphatic carbocycles. The van der Waals surface area contributed by atoms with Crippen molar-refractivity contribution >= 4 is 28.0 Å². The Bertz CT molecular complexity index is 778. The molecule has 1 aromatic heterocycles. The lowest BCUT2D eigenvalue weighted by molar-refractivity contribution is 0.867. The summed E-state index contributed by atoms with van der Waals surface area (Å²) in [5.41, 5.74) is 10.9. The van der Waals surface area contributed by atoms with Crippen LogP contribution in [0.25, 0.3) is 10.9 Å². The fraction of sp³-hybridized carbons (Fsp3) is 0.167. The van der Waals surface area contributed by atoms with Gasteiger partial charge in [0.05, 0.1) is 11.2 Å². The van der Waals surface area contributed by atoms with Crippen molar-refractivity contribution in [2.45, 2.75) is 19.8 Å². The monoisotopic (exact) mass is 277 g/mol. The highest BCUT2D eigenvalue weighted by Gasteiger charge is 2.06. The Hall–Kier alpha value is -2.55. The molecule has 3 nitrogen and oxygen atoms in total. The minimum Gasteiger partial charge on any atom is -0.397 e. The number of nitrogens with two attached hydrogens (primary N) is 1. The largest absolute Gasteiger partial charge is 0.397 e.